The number of aromatic carboxylic acids is 1. The van der Waals surface area contributed by atoms with Crippen molar-refractivity contribution in [2.45, 2.75) is 0 Å². The summed E-state index contributed by atoms with van der Waals surface area (Å²) in [6.45, 7) is 0. The standard InChI is InChI=1S/C16H13N5O3/c1-24-21-10-6-7-11-14(12(10)16(22)23)18-15(17-11)13-8-4-2-3-5-9(8)19-20-13/h2-7,21H,1H3,(H,17,18)(H,19,20)(H,22,23). The minimum absolute atomic E-state index is 0.0386. The van der Waals surface area contributed by atoms with Gasteiger partial charge in [0.05, 0.1) is 23.8 Å². The van der Waals surface area contributed by atoms with Crippen LogP contribution in [0.1, 0.15) is 10.4 Å². The zero-order chi connectivity index (χ0) is 16.7. The summed E-state index contributed by atoms with van der Waals surface area (Å²) in [5.41, 5.74) is 5.41. The number of hydrogen-bond acceptors (Lipinski definition) is 5. The van der Waals surface area contributed by atoms with E-state index in [1.54, 1.807) is 12.1 Å². The van der Waals surface area contributed by atoms with Crippen LogP contribution in [0.2, 0.25) is 0 Å². The predicted molar refractivity (Wildman–Crippen MR) is 88.8 cm³/mol. The van der Waals surface area contributed by atoms with Crippen LogP contribution < -0.4 is 5.48 Å². The van der Waals surface area contributed by atoms with Crippen molar-refractivity contribution in [1.82, 2.24) is 20.2 Å². The molecular formula is C16H13N5O3. The second-order valence-corrected chi connectivity index (χ2v) is 5.20. The topological polar surface area (TPSA) is 116 Å². The maximum absolute atomic E-state index is 11.6. The fraction of sp³-hybridized carbons (Fsp3) is 0.0625. The van der Waals surface area contributed by atoms with Crippen LogP contribution in [0, 0.1) is 0 Å². The van der Waals surface area contributed by atoms with E-state index in [1.807, 2.05) is 24.3 Å². The Morgan fingerprint density at radius 3 is 2.83 bits per heavy atom. The molecule has 0 bridgehead atoms. The minimum atomic E-state index is -1.09. The van der Waals surface area contributed by atoms with Gasteiger partial charge in [-0.1, -0.05) is 18.2 Å². The SMILES string of the molecule is CONc1ccc2[nH]c(-c3n[nH]c4ccccc34)nc2c1C(=O)O. The molecule has 2 aromatic carbocycles. The highest BCUT2D eigenvalue weighted by molar-refractivity contribution is 6.07. The number of fused-ring (bicyclic) bond motifs is 2. The number of hydrogen-bond donors (Lipinski definition) is 4. The highest BCUT2D eigenvalue weighted by atomic mass is 16.6. The van der Waals surface area contributed by atoms with E-state index in [9.17, 15) is 9.90 Å². The average molecular weight is 323 g/mol. The predicted octanol–water partition coefficient (Wildman–Crippen LogP) is 2.78. The highest BCUT2D eigenvalue weighted by Crippen LogP contribution is 2.30. The Hall–Kier alpha value is -3.39. The molecule has 0 radical (unpaired) electrons. The molecule has 0 aliphatic rings. The van der Waals surface area contributed by atoms with Gasteiger partial charge in [-0.3, -0.25) is 15.4 Å². The van der Waals surface area contributed by atoms with E-state index in [0.29, 0.717) is 28.2 Å². The number of carbonyl (C=O) groups is 1. The zero-order valence-corrected chi connectivity index (χ0v) is 12.6. The van der Waals surface area contributed by atoms with Gasteiger partial charge in [0.2, 0.25) is 0 Å². The molecule has 4 N–H and O–H groups in total. The van der Waals surface area contributed by atoms with Crippen LogP contribution in [0.4, 0.5) is 5.69 Å². The van der Waals surface area contributed by atoms with E-state index in [-0.39, 0.29) is 5.56 Å². The summed E-state index contributed by atoms with van der Waals surface area (Å²) in [6.07, 6.45) is 0. The van der Waals surface area contributed by atoms with Crippen LogP contribution in [0.25, 0.3) is 33.5 Å². The molecule has 0 saturated carbocycles. The van der Waals surface area contributed by atoms with Gasteiger partial charge in [-0.05, 0) is 18.2 Å². The van der Waals surface area contributed by atoms with Gasteiger partial charge < -0.3 is 10.1 Å². The smallest absolute Gasteiger partial charge is 0.340 e. The van der Waals surface area contributed by atoms with E-state index >= 15 is 0 Å². The molecule has 0 aliphatic carbocycles. The Balaban J connectivity index is 1.95. The van der Waals surface area contributed by atoms with E-state index in [2.05, 4.69) is 25.6 Å². The van der Waals surface area contributed by atoms with Crippen molar-refractivity contribution >= 4 is 33.6 Å². The molecular weight excluding hydrogens is 310 g/mol. The average Bonchev–Trinajstić information content (AvgIpc) is 3.17. The Morgan fingerprint density at radius 1 is 1.21 bits per heavy atom. The summed E-state index contributed by atoms with van der Waals surface area (Å²) in [5.74, 6) is -0.593. The number of carboxylic acid groups (broad SMARTS) is 1. The molecule has 120 valence electrons. The van der Waals surface area contributed by atoms with E-state index in [1.165, 1.54) is 7.11 Å². The van der Waals surface area contributed by atoms with Crippen molar-refractivity contribution in [3.63, 3.8) is 0 Å². The summed E-state index contributed by atoms with van der Waals surface area (Å²) < 4.78 is 0. The van der Waals surface area contributed by atoms with Crippen molar-refractivity contribution in [3.05, 3.63) is 42.0 Å². The second kappa shape index (κ2) is 5.36. The number of benzene rings is 2. The number of aromatic amines is 2. The summed E-state index contributed by atoms with van der Waals surface area (Å²) in [5, 5.41) is 17.7. The molecule has 0 aliphatic heterocycles. The first-order chi connectivity index (χ1) is 11.7. The molecule has 24 heavy (non-hydrogen) atoms. The monoisotopic (exact) mass is 323 g/mol. The van der Waals surface area contributed by atoms with Crippen LogP contribution in [-0.2, 0) is 4.84 Å². The Bertz CT molecular complexity index is 1070. The number of para-hydroxylation sites is 1. The lowest BCUT2D eigenvalue weighted by atomic mass is 10.1. The van der Waals surface area contributed by atoms with Gasteiger partial charge in [0, 0.05) is 5.39 Å². The molecule has 0 saturated heterocycles. The lowest BCUT2D eigenvalue weighted by Gasteiger charge is -2.06. The molecule has 0 amide bonds. The van der Waals surface area contributed by atoms with E-state index < -0.39 is 5.97 Å². The van der Waals surface area contributed by atoms with Crippen molar-refractivity contribution < 1.29 is 14.7 Å². The number of H-pyrrole nitrogens is 2. The largest absolute Gasteiger partial charge is 0.478 e. The maximum atomic E-state index is 11.6. The van der Waals surface area contributed by atoms with Gasteiger partial charge in [-0.25, -0.2) is 9.78 Å². The van der Waals surface area contributed by atoms with Gasteiger partial charge in [-0.15, -0.1) is 0 Å². The number of nitrogens with one attached hydrogen (secondary N) is 3. The number of carboxylic acids is 1. The summed E-state index contributed by atoms with van der Waals surface area (Å²) in [7, 11) is 1.42. The third-order valence-electron chi connectivity index (χ3n) is 3.78. The van der Waals surface area contributed by atoms with Crippen molar-refractivity contribution in [3.8, 4) is 11.5 Å². The third-order valence-corrected chi connectivity index (χ3v) is 3.78. The van der Waals surface area contributed by atoms with Gasteiger partial charge in [-0.2, -0.15) is 5.10 Å². The first kappa shape index (κ1) is 14.2. The van der Waals surface area contributed by atoms with Gasteiger partial charge in [0.15, 0.2) is 5.82 Å². The van der Waals surface area contributed by atoms with Gasteiger partial charge in [0.25, 0.3) is 0 Å². The Morgan fingerprint density at radius 2 is 2.04 bits per heavy atom. The lowest BCUT2D eigenvalue weighted by molar-refractivity contribution is 0.0699. The fourth-order valence-electron chi connectivity index (χ4n) is 2.74. The minimum Gasteiger partial charge on any atom is -0.478 e. The number of aromatic nitrogens is 4. The molecule has 0 spiro atoms. The van der Waals surface area contributed by atoms with Gasteiger partial charge >= 0.3 is 5.97 Å². The van der Waals surface area contributed by atoms with Crippen LogP contribution >= 0.6 is 0 Å². The molecule has 0 unspecified atom stereocenters. The van der Waals surface area contributed by atoms with Crippen LogP contribution in [-0.4, -0.2) is 38.4 Å². The molecule has 0 fully saturated rings. The molecule has 2 heterocycles. The van der Waals surface area contributed by atoms with E-state index in [0.717, 1.165) is 10.9 Å². The summed E-state index contributed by atoms with van der Waals surface area (Å²) >= 11 is 0. The third kappa shape index (κ3) is 2.09. The molecule has 2 aromatic heterocycles. The molecule has 4 aromatic rings. The first-order valence-corrected chi connectivity index (χ1v) is 7.17. The molecule has 8 heteroatoms. The fourth-order valence-corrected chi connectivity index (χ4v) is 2.74. The van der Waals surface area contributed by atoms with Crippen molar-refractivity contribution in [2.75, 3.05) is 12.6 Å². The highest BCUT2D eigenvalue weighted by Gasteiger charge is 2.20. The lowest BCUT2D eigenvalue weighted by Crippen LogP contribution is -2.06. The molecule has 4 rings (SSSR count). The molecule has 8 nitrogen and oxygen atoms in total. The van der Waals surface area contributed by atoms with Gasteiger partial charge in [0.1, 0.15) is 16.8 Å². The maximum Gasteiger partial charge on any atom is 0.340 e. The second-order valence-electron chi connectivity index (χ2n) is 5.20. The summed E-state index contributed by atoms with van der Waals surface area (Å²) in [4.78, 5) is 24.1. The Labute approximate surface area is 135 Å². The quantitative estimate of drug-likeness (QED) is 0.429. The van der Waals surface area contributed by atoms with Crippen molar-refractivity contribution in [2.24, 2.45) is 0 Å². The van der Waals surface area contributed by atoms with Crippen LogP contribution in [0.5, 0.6) is 0 Å². The number of anilines is 1. The number of imidazole rings is 1. The van der Waals surface area contributed by atoms with Crippen molar-refractivity contribution in [1.29, 1.82) is 0 Å². The summed E-state index contributed by atoms with van der Waals surface area (Å²) in [6, 6.07) is 11.0. The van der Waals surface area contributed by atoms with Crippen LogP contribution in [0.3, 0.4) is 0 Å². The number of rotatable bonds is 4. The normalized spacial score (nSPS) is 11.2. The van der Waals surface area contributed by atoms with Crippen LogP contribution in [0.15, 0.2) is 36.4 Å². The Kier molecular flexibility index (Phi) is 3.17. The number of nitrogens with zero attached hydrogens (tertiary/aromatic N) is 2. The first-order valence-electron chi connectivity index (χ1n) is 7.17. The zero-order valence-electron chi connectivity index (χ0n) is 12.6. The molecule has 0 atom stereocenters. The van der Waals surface area contributed by atoms with E-state index in [4.69, 9.17) is 4.84 Å².